The maximum atomic E-state index is 13.5. The van der Waals surface area contributed by atoms with Gasteiger partial charge in [-0.25, -0.2) is 0 Å². The Labute approximate surface area is 163 Å². The van der Waals surface area contributed by atoms with Gasteiger partial charge < -0.3 is 15.6 Å². The summed E-state index contributed by atoms with van der Waals surface area (Å²) in [5.74, 6) is -1.90. The number of rotatable bonds is 1. The number of hydrogen-bond acceptors (Lipinski definition) is 5. The average Bonchev–Trinajstić information content (AvgIpc) is 3.02. The number of likely N-dealkylation sites (N-methyl/N-ethyl adjacent to an activating group) is 1. The third kappa shape index (κ3) is 1.83. The van der Waals surface area contributed by atoms with Crippen LogP contribution in [0.4, 0.5) is 5.69 Å². The van der Waals surface area contributed by atoms with Crippen LogP contribution in [0, 0.1) is 56.7 Å². The minimum atomic E-state index is -2.04. The first-order chi connectivity index (χ1) is 13.5. The molecule has 7 heteroatoms. The monoisotopic (exact) mass is 371 g/mol. The zero-order valence-corrected chi connectivity index (χ0v) is 15.4. The van der Waals surface area contributed by atoms with Crippen molar-refractivity contribution in [3.8, 4) is 18.2 Å². The first-order valence-corrected chi connectivity index (χ1v) is 9.27. The molecule has 138 valence electrons. The molecule has 2 unspecified atom stereocenters. The molecular weight excluding hydrogens is 352 g/mol. The molecule has 1 aromatic rings. The molecule has 0 aromatic heterocycles. The molecule has 28 heavy (non-hydrogen) atoms. The largest absolute Gasteiger partial charge is 0.331 e. The van der Waals surface area contributed by atoms with Gasteiger partial charge in [-0.2, -0.15) is 15.8 Å². The highest BCUT2D eigenvalue weighted by Gasteiger charge is 2.73. The van der Waals surface area contributed by atoms with Crippen LogP contribution in [0.5, 0.6) is 0 Å². The van der Waals surface area contributed by atoms with Crippen molar-refractivity contribution >= 4 is 17.3 Å². The summed E-state index contributed by atoms with van der Waals surface area (Å²) in [6, 6.07) is 13.2. The molecule has 1 aromatic carbocycles. The summed E-state index contributed by atoms with van der Waals surface area (Å²) in [6.45, 7) is 4.08. The number of benzene rings is 1. The number of carbonyl (C=O) groups is 1. The molecule has 2 heterocycles. The Kier molecular flexibility index (Phi) is 3.85. The fourth-order valence-electron chi connectivity index (χ4n) is 5.22. The van der Waals surface area contributed by atoms with E-state index < -0.39 is 28.6 Å². The van der Waals surface area contributed by atoms with Gasteiger partial charge in [0, 0.05) is 5.69 Å². The molecule has 3 aliphatic rings. The third-order valence-electron chi connectivity index (χ3n) is 6.58. The number of nitrogens with zero attached hydrogens (tertiary/aromatic N) is 3. The van der Waals surface area contributed by atoms with Crippen molar-refractivity contribution in [3.63, 3.8) is 0 Å². The molecule has 1 saturated carbocycles. The van der Waals surface area contributed by atoms with Gasteiger partial charge in [0.05, 0.1) is 49.5 Å². The van der Waals surface area contributed by atoms with Crippen molar-refractivity contribution in [1.29, 1.82) is 21.2 Å². The van der Waals surface area contributed by atoms with E-state index in [4.69, 9.17) is 5.41 Å². The van der Waals surface area contributed by atoms with Crippen molar-refractivity contribution in [2.24, 2.45) is 17.3 Å². The minimum Gasteiger partial charge on any atom is -0.331 e. The lowest BCUT2D eigenvalue weighted by atomic mass is 9.45. The van der Waals surface area contributed by atoms with Crippen LogP contribution in [0.15, 0.2) is 35.9 Å². The van der Waals surface area contributed by atoms with Gasteiger partial charge in [-0.05, 0) is 30.2 Å². The first kappa shape index (κ1) is 17.9. The predicted octanol–water partition coefficient (Wildman–Crippen LogP) is 0.544. The second-order valence-corrected chi connectivity index (χ2v) is 7.53. The van der Waals surface area contributed by atoms with Gasteiger partial charge >= 0.3 is 0 Å². The van der Waals surface area contributed by atoms with Crippen LogP contribution in [-0.4, -0.2) is 31.3 Å². The number of carbonyl (C=O) groups excluding carboxylic acids is 1. The van der Waals surface area contributed by atoms with E-state index in [9.17, 15) is 20.6 Å². The molecule has 7 nitrogen and oxygen atoms in total. The van der Waals surface area contributed by atoms with E-state index in [1.54, 1.807) is 24.3 Å². The Morgan fingerprint density at radius 2 is 2.00 bits per heavy atom. The van der Waals surface area contributed by atoms with Crippen molar-refractivity contribution in [2.45, 2.75) is 12.3 Å². The van der Waals surface area contributed by atoms with Crippen molar-refractivity contribution in [2.75, 3.05) is 25.0 Å². The highest BCUT2D eigenvalue weighted by molar-refractivity contribution is 6.16. The molecule has 1 aliphatic carbocycles. The van der Waals surface area contributed by atoms with E-state index in [0.717, 1.165) is 6.54 Å². The number of para-hydroxylation sites is 1. The van der Waals surface area contributed by atoms with Gasteiger partial charge in [-0.1, -0.05) is 18.2 Å². The van der Waals surface area contributed by atoms with Crippen LogP contribution in [0.25, 0.3) is 0 Å². The van der Waals surface area contributed by atoms with Gasteiger partial charge in [0.2, 0.25) is 11.3 Å². The molecule has 1 fully saturated rings. The van der Waals surface area contributed by atoms with E-state index in [-0.39, 0.29) is 5.71 Å². The van der Waals surface area contributed by atoms with E-state index in [0.29, 0.717) is 29.9 Å². The Bertz CT molecular complexity index is 1040. The number of anilines is 1. The van der Waals surface area contributed by atoms with Crippen LogP contribution >= 0.6 is 0 Å². The van der Waals surface area contributed by atoms with Crippen molar-refractivity contribution in [3.05, 3.63) is 41.5 Å². The van der Waals surface area contributed by atoms with E-state index in [1.165, 1.54) is 4.90 Å². The number of nitrogens with one attached hydrogen (secondary N) is 3. The Morgan fingerprint density at radius 3 is 2.64 bits per heavy atom. The Balaban J connectivity index is 2.12. The maximum absolute atomic E-state index is 13.5. The first-order valence-electron chi connectivity index (χ1n) is 9.27. The molecule has 2 aliphatic heterocycles. The summed E-state index contributed by atoms with van der Waals surface area (Å²) in [5, 5.41) is 41.7. The van der Waals surface area contributed by atoms with Crippen molar-refractivity contribution in [1.82, 2.24) is 0 Å². The van der Waals surface area contributed by atoms with Crippen LogP contribution in [0.3, 0.4) is 0 Å². The molecule has 1 amide bonds. The topological polar surface area (TPSA) is 129 Å². The lowest BCUT2D eigenvalue weighted by Crippen LogP contribution is -3.13. The number of fused-ring (bicyclic) bond motifs is 4. The Morgan fingerprint density at radius 1 is 1.29 bits per heavy atom. The SMILES string of the molecule is CC[NH+]1CC=C2C(C#N)C(=N)C(C#N)(C#N)[C@@]3(C(=O)Nc4ccccc43)[C@H]2C1. The standard InChI is InChI=1S/C21H18N6O/c1-2-27-8-7-13-14(9-22)18(25)20(11-23,12-24)21(16(13)10-27)15-5-3-4-6-17(15)26-19(21)28/h3-7,14,16,25H,2,8,10H2,1H3,(H,26,28)/p+1/t14?,16-,21+/m0/s1. The number of nitriles is 3. The molecule has 1 spiro atoms. The summed E-state index contributed by atoms with van der Waals surface area (Å²) >= 11 is 0. The molecule has 0 bridgehead atoms. The summed E-state index contributed by atoms with van der Waals surface area (Å²) in [4.78, 5) is 14.7. The third-order valence-corrected chi connectivity index (χ3v) is 6.58. The molecular formula is C21H19N6O+. The second kappa shape index (κ2) is 6.02. The summed E-state index contributed by atoms with van der Waals surface area (Å²) in [5.41, 5.74) is -2.05. The molecule has 0 saturated heterocycles. The Hall–Kier alpha value is -3.47. The van der Waals surface area contributed by atoms with Crippen molar-refractivity contribution < 1.29 is 9.69 Å². The molecule has 4 rings (SSSR count). The highest BCUT2D eigenvalue weighted by Crippen LogP contribution is 2.60. The number of hydrogen-bond donors (Lipinski definition) is 3. The average molecular weight is 371 g/mol. The molecule has 0 radical (unpaired) electrons. The predicted molar refractivity (Wildman–Crippen MR) is 100 cm³/mol. The van der Waals surface area contributed by atoms with E-state index >= 15 is 0 Å². The van der Waals surface area contributed by atoms with Gasteiger partial charge in [0.1, 0.15) is 11.3 Å². The van der Waals surface area contributed by atoms with Gasteiger partial charge in [0.15, 0.2) is 0 Å². The number of quaternary nitrogens is 1. The fraction of sp³-hybridized carbons (Fsp3) is 0.381. The van der Waals surface area contributed by atoms with Crippen LogP contribution in [0.2, 0.25) is 0 Å². The molecule has 3 N–H and O–H groups in total. The van der Waals surface area contributed by atoms with Crippen LogP contribution in [-0.2, 0) is 10.2 Å². The lowest BCUT2D eigenvalue weighted by molar-refractivity contribution is -0.897. The summed E-state index contributed by atoms with van der Waals surface area (Å²) in [6.07, 6.45) is 1.93. The summed E-state index contributed by atoms with van der Waals surface area (Å²) < 4.78 is 0. The van der Waals surface area contributed by atoms with Gasteiger partial charge in [-0.15, -0.1) is 0 Å². The van der Waals surface area contributed by atoms with Gasteiger partial charge in [-0.3, -0.25) is 4.79 Å². The van der Waals surface area contributed by atoms with Gasteiger partial charge in [0.25, 0.3) is 0 Å². The van der Waals surface area contributed by atoms with E-state index in [1.807, 2.05) is 25.1 Å². The second-order valence-electron chi connectivity index (χ2n) is 7.53. The maximum Gasteiger partial charge on any atom is 0.239 e. The number of amides is 1. The fourth-order valence-corrected chi connectivity index (χ4v) is 5.22. The van der Waals surface area contributed by atoms with Crippen LogP contribution in [0.1, 0.15) is 12.5 Å². The molecule has 4 atom stereocenters. The highest BCUT2D eigenvalue weighted by atomic mass is 16.2. The minimum absolute atomic E-state index is 0.297. The smallest absolute Gasteiger partial charge is 0.239 e. The lowest BCUT2D eigenvalue weighted by Gasteiger charge is -2.51. The normalized spacial score (nSPS) is 32.2. The summed E-state index contributed by atoms with van der Waals surface area (Å²) in [7, 11) is 0. The zero-order valence-electron chi connectivity index (χ0n) is 15.4. The zero-order chi connectivity index (χ0) is 20.1. The quantitative estimate of drug-likeness (QED) is 0.622. The van der Waals surface area contributed by atoms with Crippen LogP contribution < -0.4 is 10.2 Å². The van der Waals surface area contributed by atoms with E-state index in [2.05, 4.69) is 11.4 Å².